The number of nitrogens with zero attached hydrogens (tertiary/aromatic N) is 1. The lowest BCUT2D eigenvalue weighted by atomic mass is 9.88. The molecule has 0 bridgehead atoms. The van der Waals surface area contributed by atoms with Crippen LogP contribution in [0.3, 0.4) is 0 Å². The molecule has 10 heteroatoms. The molecule has 4 rings (SSSR count). The second-order valence-corrected chi connectivity index (χ2v) is 9.64. The quantitative estimate of drug-likeness (QED) is 0.202. The summed E-state index contributed by atoms with van der Waals surface area (Å²) in [6.07, 6.45) is -2.00. The van der Waals surface area contributed by atoms with E-state index in [4.69, 9.17) is 9.47 Å². The summed E-state index contributed by atoms with van der Waals surface area (Å²) >= 11 is 0. The Kier molecular flexibility index (Phi) is 8.94. The Morgan fingerprint density at radius 1 is 1.21 bits per heavy atom. The van der Waals surface area contributed by atoms with Crippen molar-refractivity contribution in [1.29, 1.82) is 0 Å². The van der Waals surface area contributed by atoms with Crippen molar-refractivity contribution in [1.82, 2.24) is 15.2 Å². The van der Waals surface area contributed by atoms with Gasteiger partial charge in [0.2, 0.25) is 6.43 Å². The summed E-state index contributed by atoms with van der Waals surface area (Å²) in [4.78, 5) is 17.7. The zero-order chi connectivity index (χ0) is 27.4. The molecule has 2 N–H and O–H groups in total. The maximum absolute atomic E-state index is 15.6. The maximum atomic E-state index is 15.6. The monoisotopic (exact) mass is 535 g/mol. The van der Waals surface area contributed by atoms with Crippen molar-refractivity contribution in [2.75, 3.05) is 39.9 Å². The van der Waals surface area contributed by atoms with Gasteiger partial charge in [0.05, 0.1) is 19.1 Å². The molecule has 1 unspecified atom stereocenters. The molecule has 0 saturated heterocycles. The van der Waals surface area contributed by atoms with E-state index in [2.05, 4.69) is 10.3 Å². The summed E-state index contributed by atoms with van der Waals surface area (Å²) < 4.78 is 65.2. The molecule has 0 radical (unpaired) electrons. The van der Waals surface area contributed by atoms with E-state index in [1.54, 1.807) is 26.0 Å². The molecule has 206 valence electrons. The molecule has 2 atom stereocenters. The van der Waals surface area contributed by atoms with E-state index in [1.165, 1.54) is 25.3 Å². The van der Waals surface area contributed by atoms with E-state index in [-0.39, 0.29) is 31.4 Å². The minimum absolute atomic E-state index is 0.174. The average molecular weight is 536 g/mol. The minimum Gasteiger partial charge on any atom is -0.492 e. The fourth-order valence-electron chi connectivity index (χ4n) is 5.20. The first-order valence-electron chi connectivity index (χ1n) is 12.7. The van der Waals surface area contributed by atoms with Crippen LogP contribution in [0.4, 0.5) is 17.6 Å². The van der Waals surface area contributed by atoms with Gasteiger partial charge >= 0.3 is 5.97 Å². The lowest BCUT2D eigenvalue weighted by molar-refractivity contribution is -0.145. The van der Waals surface area contributed by atoms with E-state index >= 15 is 4.39 Å². The van der Waals surface area contributed by atoms with Gasteiger partial charge in [0.15, 0.2) is 0 Å². The van der Waals surface area contributed by atoms with Gasteiger partial charge in [0.1, 0.15) is 24.0 Å². The first-order valence-corrected chi connectivity index (χ1v) is 12.7. The number of fused-ring (bicyclic) bond motifs is 3. The predicted octanol–water partition coefficient (Wildman–Crippen LogP) is 5.13. The first-order chi connectivity index (χ1) is 18.2. The minimum atomic E-state index is -2.36. The van der Waals surface area contributed by atoms with Gasteiger partial charge in [-0.2, -0.15) is 0 Å². The van der Waals surface area contributed by atoms with Gasteiger partial charge in [0, 0.05) is 54.8 Å². The van der Waals surface area contributed by atoms with Crippen LogP contribution in [0.15, 0.2) is 30.3 Å². The predicted molar refractivity (Wildman–Crippen MR) is 137 cm³/mol. The number of aromatic amines is 1. The molecule has 38 heavy (non-hydrogen) atoms. The highest BCUT2D eigenvalue weighted by atomic mass is 19.3. The van der Waals surface area contributed by atoms with E-state index in [0.29, 0.717) is 42.9 Å². The van der Waals surface area contributed by atoms with E-state index in [0.717, 1.165) is 22.2 Å². The molecule has 0 aliphatic carbocycles. The number of aromatic nitrogens is 1. The van der Waals surface area contributed by atoms with Gasteiger partial charge in [-0.15, -0.1) is 0 Å². The fraction of sp³-hybridized carbons (Fsp3) is 0.464. The zero-order valence-corrected chi connectivity index (χ0v) is 21.8. The van der Waals surface area contributed by atoms with Crippen LogP contribution < -0.4 is 10.1 Å². The van der Waals surface area contributed by atoms with Gasteiger partial charge in [-0.25, -0.2) is 17.6 Å². The van der Waals surface area contributed by atoms with Crippen molar-refractivity contribution >= 4 is 16.9 Å². The summed E-state index contributed by atoms with van der Waals surface area (Å²) in [5.41, 5.74) is 3.42. The van der Waals surface area contributed by atoms with Crippen LogP contribution in [-0.2, 0) is 16.0 Å². The van der Waals surface area contributed by atoms with Crippen LogP contribution in [0.1, 0.15) is 41.8 Å². The number of alkyl halides is 2. The molecule has 2 aromatic carbocycles. The average Bonchev–Trinajstić information content (AvgIpc) is 3.25. The summed E-state index contributed by atoms with van der Waals surface area (Å²) in [6, 6.07) is 6.86. The smallest absolute Gasteiger partial charge is 0.309 e. The summed E-state index contributed by atoms with van der Waals surface area (Å²) in [6.45, 7) is 5.16. The van der Waals surface area contributed by atoms with Gasteiger partial charge in [-0.3, -0.25) is 9.69 Å². The highest BCUT2D eigenvalue weighted by Crippen LogP contribution is 2.42. The van der Waals surface area contributed by atoms with Crippen LogP contribution in [-0.4, -0.2) is 62.2 Å². The lowest BCUT2D eigenvalue weighted by Gasteiger charge is -2.38. The number of carbonyl (C=O) groups is 1. The number of methoxy groups -OCH3 is 1. The third-order valence-corrected chi connectivity index (χ3v) is 7.06. The molecule has 1 aliphatic heterocycles. The van der Waals surface area contributed by atoms with Crippen LogP contribution >= 0.6 is 0 Å². The van der Waals surface area contributed by atoms with Crippen LogP contribution in [0.25, 0.3) is 10.9 Å². The summed E-state index contributed by atoms with van der Waals surface area (Å²) in [7, 11) is 1.34. The maximum Gasteiger partial charge on any atom is 0.309 e. The Morgan fingerprint density at radius 3 is 2.74 bits per heavy atom. The molecule has 2 heterocycles. The van der Waals surface area contributed by atoms with E-state index in [1.807, 2.05) is 4.90 Å². The van der Waals surface area contributed by atoms with Gasteiger partial charge in [0.25, 0.3) is 0 Å². The summed E-state index contributed by atoms with van der Waals surface area (Å²) in [5.74, 6) is -1.11. The SMILES string of the molecule is COC(=O)[C@H](C)CN1CCc2c([nH]c3ccc(F)cc23)C1c1c(F)ccc(OCCNCCC(F)F)c1C. The molecule has 0 fully saturated rings. The number of rotatable bonds is 11. The molecule has 1 aromatic heterocycles. The second kappa shape index (κ2) is 12.2. The molecular formula is C28H33F4N3O3. The van der Waals surface area contributed by atoms with Gasteiger partial charge in [-0.05, 0) is 54.8 Å². The van der Waals surface area contributed by atoms with Gasteiger partial charge in [-0.1, -0.05) is 6.92 Å². The summed E-state index contributed by atoms with van der Waals surface area (Å²) in [5, 5.41) is 3.66. The van der Waals surface area contributed by atoms with Crippen molar-refractivity contribution < 1.29 is 31.8 Å². The van der Waals surface area contributed by atoms with Gasteiger partial charge < -0.3 is 19.8 Å². The number of ether oxygens (including phenoxy) is 2. The van der Waals surface area contributed by atoms with Crippen LogP contribution in [0, 0.1) is 24.5 Å². The fourth-order valence-corrected chi connectivity index (χ4v) is 5.20. The number of hydrogen-bond acceptors (Lipinski definition) is 5. The number of H-pyrrole nitrogens is 1. The number of nitrogens with one attached hydrogen (secondary N) is 2. The lowest BCUT2D eigenvalue weighted by Crippen LogP contribution is -2.41. The Bertz CT molecular complexity index is 1280. The molecule has 0 saturated carbocycles. The molecular weight excluding hydrogens is 502 g/mol. The highest BCUT2D eigenvalue weighted by molar-refractivity contribution is 5.85. The first kappa shape index (κ1) is 27.9. The molecule has 0 amide bonds. The number of esters is 1. The topological polar surface area (TPSA) is 66.6 Å². The molecule has 0 spiro atoms. The van der Waals surface area contributed by atoms with Crippen molar-refractivity contribution in [3.8, 4) is 5.75 Å². The Labute approximate surface area is 219 Å². The van der Waals surface area contributed by atoms with Crippen molar-refractivity contribution in [2.24, 2.45) is 5.92 Å². The number of hydrogen-bond donors (Lipinski definition) is 2. The Hall–Kier alpha value is -3.11. The van der Waals surface area contributed by atoms with E-state index in [9.17, 15) is 18.0 Å². The number of carbonyl (C=O) groups excluding carboxylic acids is 1. The molecule has 1 aliphatic rings. The van der Waals surface area contributed by atoms with E-state index < -0.39 is 24.2 Å². The zero-order valence-electron chi connectivity index (χ0n) is 21.8. The largest absolute Gasteiger partial charge is 0.492 e. The van der Waals surface area contributed by atoms with Crippen molar-refractivity contribution in [3.63, 3.8) is 0 Å². The Morgan fingerprint density at radius 2 is 2.00 bits per heavy atom. The van der Waals surface area contributed by atoms with Crippen LogP contribution in [0.5, 0.6) is 5.75 Å². The molecule has 6 nitrogen and oxygen atoms in total. The Balaban J connectivity index is 1.69. The standard InChI is InChI=1S/C28H33F4N3O3/c1-16(28(36)37-3)15-35-12-9-19-20-14-18(29)4-6-22(20)34-26(19)27(35)25-17(2)23(7-5-21(25)30)38-13-11-33-10-8-24(31)32/h4-7,14,16,24,27,33-34H,8-13,15H2,1-3H3/t16-,27?/m1/s1. The third-order valence-electron chi connectivity index (χ3n) is 7.06. The number of halogens is 4. The highest BCUT2D eigenvalue weighted by Gasteiger charge is 2.36. The van der Waals surface area contributed by atoms with Crippen molar-refractivity contribution in [2.45, 2.75) is 39.2 Å². The van der Waals surface area contributed by atoms with Crippen molar-refractivity contribution in [3.05, 3.63) is 64.4 Å². The second-order valence-electron chi connectivity index (χ2n) is 9.64. The van der Waals surface area contributed by atoms with Crippen LogP contribution in [0.2, 0.25) is 0 Å². The third kappa shape index (κ3) is 5.96. The normalized spacial score (nSPS) is 16.6. The molecule has 3 aromatic rings. The number of benzene rings is 2.